The molecule has 94 valence electrons. The minimum absolute atomic E-state index is 0.128. The van der Waals surface area contributed by atoms with Crippen LogP contribution in [0.3, 0.4) is 0 Å². The Kier molecular flexibility index (Phi) is 4.19. The van der Waals surface area contributed by atoms with E-state index < -0.39 is 5.60 Å². The third-order valence-electron chi connectivity index (χ3n) is 2.56. The van der Waals surface area contributed by atoms with Crippen LogP contribution in [0.5, 0.6) is 0 Å². The second kappa shape index (κ2) is 5.04. The molecule has 0 saturated carbocycles. The molecule has 1 fully saturated rings. The average Bonchev–Trinajstić information content (AvgIpc) is 2.15. The molecule has 1 atom stereocenters. The van der Waals surface area contributed by atoms with Gasteiger partial charge in [-0.25, -0.2) is 4.79 Å². The highest BCUT2D eigenvalue weighted by Crippen LogP contribution is 2.19. The standard InChI is InChI=1S/C12H23NO3/c1-9(2)10-8-15-7-6-13(10)11(14)16-12(3,4)5/h9-10H,6-8H2,1-5H3/t10-/m1/s1. The fourth-order valence-electron chi connectivity index (χ4n) is 1.72. The lowest BCUT2D eigenvalue weighted by Gasteiger charge is -2.38. The molecule has 0 spiro atoms. The molecule has 0 unspecified atom stereocenters. The highest BCUT2D eigenvalue weighted by molar-refractivity contribution is 5.68. The van der Waals surface area contributed by atoms with E-state index in [9.17, 15) is 4.79 Å². The Hall–Kier alpha value is -0.770. The van der Waals surface area contributed by atoms with Crippen molar-refractivity contribution in [3.8, 4) is 0 Å². The van der Waals surface area contributed by atoms with Crippen LogP contribution in [0.25, 0.3) is 0 Å². The predicted molar refractivity (Wildman–Crippen MR) is 62.4 cm³/mol. The molecule has 1 aliphatic heterocycles. The molecule has 0 aromatic rings. The van der Waals surface area contributed by atoms with Gasteiger partial charge in [-0.1, -0.05) is 13.8 Å². The molecule has 0 bridgehead atoms. The maximum Gasteiger partial charge on any atom is 0.410 e. The molecule has 4 heteroatoms. The van der Waals surface area contributed by atoms with E-state index >= 15 is 0 Å². The molecule has 16 heavy (non-hydrogen) atoms. The topological polar surface area (TPSA) is 38.8 Å². The lowest BCUT2D eigenvalue weighted by molar-refractivity contribution is -0.0429. The predicted octanol–water partition coefficient (Wildman–Crippen LogP) is 2.28. The lowest BCUT2D eigenvalue weighted by atomic mass is 10.0. The summed E-state index contributed by atoms with van der Waals surface area (Å²) in [5.74, 6) is 0.382. The summed E-state index contributed by atoms with van der Waals surface area (Å²) in [5.41, 5.74) is -0.434. The summed E-state index contributed by atoms with van der Waals surface area (Å²) in [4.78, 5) is 13.8. The van der Waals surface area contributed by atoms with Crippen molar-refractivity contribution in [3.63, 3.8) is 0 Å². The Morgan fingerprint density at radius 3 is 2.56 bits per heavy atom. The molecule has 0 aliphatic carbocycles. The first kappa shape index (κ1) is 13.3. The van der Waals surface area contributed by atoms with Gasteiger partial charge < -0.3 is 14.4 Å². The number of rotatable bonds is 1. The zero-order chi connectivity index (χ0) is 12.3. The smallest absolute Gasteiger partial charge is 0.410 e. The summed E-state index contributed by atoms with van der Waals surface area (Å²) in [7, 11) is 0. The monoisotopic (exact) mass is 229 g/mol. The van der Waals surface area contributed by atoms with Crippen molar-refractivity contribution in [2.24, 2.45) is 5.92 Å². The third kappa shape index (κ3) is 3.67. The van der Waals surface area contributed by atoms with Gasteiger partial charge in [0, 0.05) is 6.54 Å². The number of nitrogens with zero attached hydrogens (tertiary/aromatic N) is 1. The zero-order valence-corrected chi connectivity index (χ0v) is 10.9. The summed E-state index contributed by atoms with van der Waals surface area (Å²) < 4.78 is 10.8. The Morgan fingerprint density at radius 2 is 2.06 bits per heavy atom. The molecule has 1 heterocycles. The van der Waals surface area contributed by atoms with Crippen molar-refractivity contribution in [2.75, 3.05) is 19.8 Å². The van der Waals surface area contributed by atoms with Crippen LogP contribution < -0.4 is 0 Å². The van der Waals surface area contributed by atoms with Crippen LogP contribution in [0, 0.1) is 5.92 Å². The van der Waals surface area contributed by atoms with Gasteiger partial charge in [0.25, 0.3) is 0 Å². The Balaban J connectivity index is 2.64. The SMILES string of the molecule is CC(C)[C@H]1COCCN1C(=O)OC(C)(C)C. The van der Waals surface area contributed by atoms with Crippen LogP contribution in [0.2, 0.25) is 0 Å². The van der Waals surface area contributed by atoms with Gasteiger partial charge in [-0.3, -0.25) is 0 Å². The van der Waals surface area contributed by atoms with Crippen molar-refractivity contribution in [3.05, 3.63) is 0 Å². The first-order valence-electron chi connectivity index (χ1n) is 5.88. The summed E-state index contributed by atoms with van der Waals surface area (Å²) in [6, 6.07) is 0.128. The fourth-order valence-corrected chi connectivity index (χ4v) is 1.72. The fraction of sp³-hybridized carbons (Fsp3) is 0.917. The number of carbonyl (C=O) groups is 1. The first-order valence-corrected chi connectivity index (χ1v) is 5.88. The molecular formula is C12H23NO3. The van der Waals surface area contributed by atoms with Crippen molar-refractivity contribution in [1.29, 1.82) is 0 Å². The average molecular weight is 229 g/mol. The van der Waals surface area contributed by atoms with Gasteiger partial charge in [-0.15, -0.1) is 0 Å². The van der Waals surface area contributed by atoms with E-state index in [2.05, 4.69) is 13.8 Å². The minimum atomic E-state index is -0.434. The summed E-state index contributed by atoms with van der Waals surface area (Å²) in [6.45, 7) is 11.7. The van der Waals surface area contributed by atoms with Gasteiger partial charge in [0.1, 0.15) is 5.60 Å². The molecule has 0 radical (unpaired) electrons. The highest BCUT2D eigenvalue weighted by atomic mass is 16.6. The van der Waals surface area contributed by atoms with Crippen molar-refractivity contribution < 1.29 is 14.3 Å². The van der Waals surface area contributed by atoms with Crippen LogP contribution in [0.4, 0.5) is 4.79 Å². The van der Waals surface area contributed by atoms with Crippen LogP contribution in [0.15, 0.2) is 0 Å². The number of amides is 1. The summed E-state index contributed by atoms with van der Waals surface area (Å²) in [5, 5.41) is 0. The molecule has 1 saturated heterocycles. The molecule has 1 amide bonds. The zero-order valence-electron chi connectivity index (χ0n) is 10.9. The molecule has 0 aromatic heterocycles. The van der Waals surface area contributed by atoms with Crippen molar-refractivity contribution in [1.82, 2.24) is 4.90 Å². The van der Waals surface area contributed by atoms with E-state index in [4.69, 9.17) is 9.47 Å². The van der Waals surface area contributed by atoms with E-state index in [0.717, 1.165) is 0 Å². The van der Waals surface area contributed by atoms with Gasteiger partial charge in [-0.2, -0.15) is 0 Å². The second-order valence-corrected chi connectivity index (χ2v) is 5.56. The summed E-state index contributed by atoms with van der Waals surface area (Å²) in [6.07, 6.45) is -0.227. The van der Waals surface area contributed by atoms with Gasteiger partial charge in [0.15, 0.2) is 0 Å². The molecule has 0 aromatic carbocycles. The van der Waals surface area contributed by atoms with Gasteiger partial charge in [-0.05, 0) is 26.7 Å². The van der Waals surface area contributed by atoms with Crippen LogP contribution in [-0.4, -0.2) is 42.4 Å². The minimum Gasteiger partial charge on any atom is -0.444 e. The van der Waals surface area contributed by atoms with Gasteiger partial charge >= 0.3 is 6.09 Å². The molecule has 0 N–H and O–H groups in total. The summed E-state index contributed by atoms with van der Waals surface area (Å²) >= 11 is 0. The van der Waals surface area contributed by atoms with E-state index in [1.165, 1.54) is 0 Å². The largest absolute Gasteiger partial charge is 0.444 e. The number of ether oxygens (including phenoxy) is 2. The maximum absolute atomic E-state index is 12.0. The van der Waals surface area contributed by atoms with E-state index in [1.807, 2.05) is 20.8 Å². The second-order valence-electron chi connectivity index (χ2n) is 5.56. The van der Waals surface area contributed by atoms with E-state index in [1.54, 1.807) is 4.90 Å². The molecular weight excluding hydrogens is 206 g/mol. The molecule has 4 nitrogen and oxygen atoms in total. The quantitative estimate of drug-likeness (QED) is 0.692. The van der Waals surface area contributed by atoms with E-state index in [-0.39, 0.29) is 12.1 Å². The first-order chi connectivity index (χ1) is 7.31. The number of hydrogen-bond acceptors (Lipinski definition) is 3. The van der Waals surface area contributed by atoms with Crippen LogP contribution in [0.1, 0.15) is 34.6 Å². The van der Waals surface area contributed by atoms with Crippen molar-refractivity contribution in [2.45, 2.75) is 46.3 Å². The van der Waals surface area contributed by atoms with Crippen LogP contribution in [-0.2, 0) is 9.47 Å². The Labute approximate surface area is 97.9 Å². The number of carbonyl (C=O) groups excluding carboxylic acids is 1. The molecule has 1 aliphatic rings. The Morgan fingerprint density at radius 1 is 1.44 bits per heavy atom. The van der Waals surface area contributed by atoms with Crippen molar-refractivity contribution >= 4 is 6.09 Å². The van der Waals surface area contributed by atoms with Gasteiger partial charge in [0.05, 0.1) is 19.3 Å². The Bertz CT molecular complexity index is 245. The lowest BCUT2D eigenvalue weighted by Crippen LogP contribution is -2.52. The highest BCUT2D eigenvalue weighted by Gasteiger charge is 2.32. The molecule has 1 rings (SSSR count). The number of morpholine rings is 1. The van der Waals surface area contributed by atoms with Crippen LogP contribution >= 0.6 is 0 Å². The normalized spacial score (nSPS) is 22.4. The number of hydrogen-bond donors (Lipinski definition) is 0. The van der Waals surface area contributed by atoms with E-state index in [0.29, 0.717) is 25.7 Å². The third-order valence-corrected chi connectivity index (χ3v) is 2.56. The maximum atomic E-state index is 12.0. The van der Waals surface area contributed by atoms with Gasteiger partial charge in [0.2, 0.25) is 0 Å².